The summed E-state index contributed by atoms with van der Waals surface area (Å²) in [6, 6.07) is 14.2. The average Bonchev–Trinajstić information content (AvgIpc) is 3.58. The van der Waals surface area contributed by atoms with E-state index >= 15 is 0 Å². The molecule has 4 unspecified atom stereocenters. The number of aromatic nitrogens is 4. The van der Waals surface area contributed by atoms with E-state index in [9.17, 15) is 4.79 Å². The second-order valence-corrected chi connectivity index (χ2v) is 7.62. The monoisotopic (exact) mass is 421 g/mol. The summed E-state index contributed by atoms with van der Waals surface area (Å²) in [7, 11) is 0. The molecule has 0 radical (unpaired) electrons. The van der Waals surface area contributed by atoms with Crippen molar-refractivity contribution in [2.45, 2.75) is 24.3 Å². The SMILES string of the molecule is O=C(NC1COC2C1OCC2n1nnnc1-c1ccc2c(c1)OCO2)c1ccccc1. The number of benzene rings is 2. The fourth-order valence-electron chi connectivity index (χ4n) is 4.30. The lowest BCUT2D eigenvalue weighted by Crippen LogP contribution is -2.44. The van der Waals surface area contributed by atoms with Crippen molar-refractivity contribution in [2.75, 3.05) is 20.0 Å². The quantitative estimate of drug-likeness (QED) is 0.669. The van der Waals surface area contributed by atoms with Gasteiger partial charge in [0.25, 0.3) is 5.91 Å². The number of nitrogens with one attached hydrogen (secondary N) is 1. The highest BCUT2D eigenvalue weighted by atomic mass is 16.7. The number of carbonyl (C=O) groups excluding carboxylic acids is 1. The molecule has 2 fully saturated rings. The predicted molar refractivity (Wildman–Crippen MR) is 106 cm³/mol. The summed E-state index contributed by atoms with van der Waals surface area (Å²) in [6.45, 7) is 0.954. The smallest absolute Gasteiger partial charge is 0.251 e. The zero-order chi connectivity index (χ0) is 20.8. The fourth-order valence-corrected chi connectivity index (χ4v) is 4.30. The number of tetrazole rings is 1. The molecule has 0 aliphatic carbocycles. The molecule has 0 spiro atoms. The van der Waals surface area contributed by atoms with Crippen LogP contribution in [0.2, 0.25) is 0 Å². The Morgan fingerprint density at radius 1 is 1.00 bits per heavy atom. The van der Waals surface area contributed by atoms with Crippen LogP contribution in [0, 0.1) is 0 Å². The summed E-state index contributed by atoms with van der Waals surface area (Å²) < 4.78 is 24.6. The summed E-state index contributed by atoms with van der Waals surface area (Å²) in [5, 5.41) is 15.3. The normalized spacial score (nSPS) is 26.1. The van der Waals surface area contributed by atoms with Gasteiger partial charge in [0.1, 0.15) is 18.2 Å². The lowest BCUT2D eigenvalue weighted by molar-refractivity contribution is 0.0615. The number of hydrogen-bond acceptors (Lipinski definition) is 8. The van der Waals surface area contributed by atoms with Crippen molar-refractivity contribution in [3.8, 4) is 22.9 Å². The van der Waals surface area contributed by atoms with E-state index in [1.165, 1.54) is 0 Å². The standard InChI is InChI=1S/C21H19N5O5/c27-21(12-4-2-1-3-5-12)22-14-9-28-19-15(10-29-18(14)19)26-20(23-24-25-26)13-6-7-16-17(8-13)31-11-30-16/h1-8,14-15,18-19H,9-11H2,(H,22,27). The molecule has 2 aromatic carbocycles. The number of nitrogens with zero attached hydrogens (tertiary/aromatic N) is 4. The Balaban J connectivity index is 1.21. The van der Waals surface area contributed by atoms with E-state index in [1.54, 1.807) is 16.8 Å². The van der Waals surface area contributed by atoms with Gasteiger partial charge in [0.05, 0.1) is 19.3 Å². The van der Waals surface area contributed by atoms with Gasteiger partial charge >= 0.3 is 0 Å². The van der Waals surface area contributed by atoms with E-state index < -0.39 is 0 Å². The molecule has 31 heavy (non-hydrogen) atoms. The molecular weight excluding hydrogens is 402 g/mol. The van der Waals surface area contributed by atoms with Gasteiger partial charge in [-0.25, -0.2) is 4.68 Å². The third-order valence-corrected chi connectivity index (χ3v) is 5.82. The van der Waals surface area contributed by atoms with E-state index in [-0.39, 0.29) is 37.0 Å². The maximum absolute atomic E-state index is 12.5. The van der Waals surface area contributed by atoms with E-state index in [4.69, 9.17) is 18.9 Å². The van der Waals surface area contributed by atoms with Gasteiger partial charge in [0, 0.05) is 11.1 Å². The summed E-state index contributed by atoms with van der Waals surface area (Å²) in [5.41, 5.74) is 1.41. The predicted octanol–water partition coefficient (Wildman–Crippen LogP) is 1.21. The zero-order valence-corrected chi connectivity index (χ0v) is 16.4. The molecule has 1 aromatic heterocycles. The Morgan fingerprint density at radius 3 is 2.74 bits per heavy atom. The van der Waals surface area contributed by atoms with E-state index in [2.05, 4.69) is 20.8 Å². The third kappa shape index (κ3) is 3.11. The van der Waals surface area contributed by atoms with Crippen molar-refractivity contribution in [2.24, 2.45) is 0 Å². The van der Waals surface area contributed by atoms with Gasteiger partial charge in [-0.2, -0.15) is 0 Å². The highest BCUT2D eigenvalue weighted by Crippen LogP contribution is 2.38. The van der Waals surface area contributed by atoms with Crippen molar-refractivity contribution >= 4 is 5.91 Å². The molecule has 1 N–H and O–H groups in total. The van der Waals surface area contributed by atoms with Crippen molar-refractivity contribution in [1.82, 2.24) is 25.5 Å². The van der Waals surface area contributed by atoms with E-state index in [0.717, 1.165) is 5.56 Å². The summed E-state index contributed by atoms with van der Waals surface area (Å²) in [4.78, 5) is 12.5. The molecule has 3 aliphatic heterocycles. The average molecular weight is 421 g/mol. The summed E-state index contributed by atoms with van der Waals surface area (Å²) in [5.74, 6) is 1.80. The van der Waals surface area contributed by atoms with Crippen LogP contribution in [0.4, 0.5) is 0 Å². The summed E-state index contributed by atoms with van der Waals surface area (Å²) >= 11 is 0. The summed E-state index contributed by atoms with van der Waals surface area (Å²) in [6.07, 6.45) is -0.538. The topological polar surface area (TPSA) is 110 Å². The first-order chi connectivity index (χ1) is 15.3. The zero-order valence-electron chi connectivity index (χ0n) is 16.4. The number of fused-ring (bicyclic) bond motifs is 2. The van der Waals surface area contributed by atoms with Crippen LogP contribution in [0.1, 0.15) is 16.4 Å². The van der Waals surface area contributed by atoms with Gasteiger partial charge < -0.3 is 24.3 Å². The van der Waals surface area contributed by atoms with Gasteiger partial charge in [-0.15, -0.1) is 5.10 Å². The molecule has 1 amide bonds. The number of amides is 1. The largest absolute Gasteiger partial charge is 0.454 e. The van der Waals surface area contributed by atoms with Gasteiger partial charge in [-0.1, -0.05) is 18.2 Å². The molecule has 4 heterocycles. The molecule has 10 nitrogen and oxygen atoms in total. The molecular formula is C21H19N5O5. The molecule has 2 saturated heterocycles. The highest BCUT2D eigenvalue weighted by molar-refractivity contribution is 5.94. The first-order valence-corrected chi connectivity index (χ1v) is 10.0. The second kappa shape index (κ2) is 7.33. The van der Waals surface area contributed by atoms with Crippen molar-refractivity contribution < 1.29 is 23.7 Å². The number of hydrogen-bond donors (Lipinski definition) is 1. The molecule has 0 bridgehead atoms. The molecule has 158 valence electrons. The van der Waals surface area contributed by atoms with Crippen LogP contribution in [-0.4, -0.2) is 64.4 Å². The highest BCUT2D eigenvalue weighted by Gasteiger charge is 2.50. The Morgan fingerprint density at radius 2 is 1.84 bits per heavy atom. The first kappa shape index (κ1) is 18.3. The molecule has 4 atom stereocenters. The Labute approximate surface area is 177 Å². The molecule has 0 saturated carbocycles. The lowest BCUT2D eigenvalue weighted by Gasteiger charge is -2.18. The van der Waals surface area contributed by atoms with Crippen molar-refractivity contribution in [1.29, 1.82) is 0 Å². The van der Waals surface area contributed by atoms with Crippen LogP contribution in [0.3, 0.4) is 0 Å². The Hall–Kier alpha value is -3.50. The first-order valence-electron chi connectivity index (χ1n) is 10.0. The third-order valence-electron chi connectivity index (χ3n) is 5.82. The van der Waals surface area contributed by atoms with E-state index in [0.29, 0.717) is 36.1 Å². The van der Waals surface area contributed by atoms with Crippen molar-refractivity contribution in [3.63, 3.8) is 0 Å². The van der Waals surface area contributed by atoms with Crippen LogP contribution in [0.5, 0.6) is 11.5 Å². The maximum atomic E-state index is 12.5. The lowest BCUT2D eigenvalue weighted by atomic mass is 10.1. The van der Waals surface area contributed by atoms with Gasteiger partial charge in [0.2, 0.25) is 6.79 Å². The van der Waals surface area contributed by atoms with Crippen LogP contribution in [0.25, 0.3) is 11.4 Å². The Kier molecular flexibility index (Phi) is 4.32. The molecule has 3 aliphatic rings. The van der Waals surface area contributed by atoms with Crippen LogP contribution >= 0.6 is 0 Å². The van der Waals surface area contributed by atoms with E-state index in [1.807, 2.05) is 36.4 Å². The molecule has 10 heteroatoms. The van der Waals surface area contributed by atoms with Crippen LogP contribution in [0.15, 0.2) is 48.5 Å². The minimum Gasteiger partial charge on any atom is -0.454 e. The Bertz CT molecular complexity index is 1120. The van der Waals surface area contributed by atoms with Crippen LogP contribution < -0.4 is 14.8 Å². The second-order valence-electron chi connectivity index (χ2n) is 7.62. The number of carbonyl (C=O) groups is 1. The molecule has 6 rings (SSSR count). The minimum absolute atomic E-state index is 0.148. The van der Waals surface area contributed by atoms with Gasteiger partial charge in [-0.3, -0.25) is 4.79 Å². The number of rotatable bonds is 4. The van der Waals surface area contributed by atoms with Gasteiger partial charge in [0.15, 0.2) is 17.3 Å². The fraction of sp³-hybridized carbons (Fsp3) is 0.333. The van der Waals surface area contributed by atoms with Gasteiger partial charge in [-0.05, 0) is 40.8 Å². The number of ether oxygens (including phenoxy) is 4. The minimum atomic E-state index is -0.272. The van der Waals surface area contributed by atoms with Crippen molar-refractivity contribution in [3.05, 3.63) is 54.1 Å². The molecule has 3 aromatic rings. The maximum Gasteiger partial charge on any atom is 0.251 e. The van der Waals surface area contributed by atoms with Crippen LogP contribution in [-0.2, 0) is 9.47 Å².